The molecule has 3 aromatic rings. The standard InChI is InChI=1S/C20H21F3N4O2/c1-11-6-12(20(21,22)23)7-16(28)17(11)14-9-24-15-10-27(26-18(15)25-14)13-4-5-29-19(2,3)8-13/h6-7,9-10,13,28H,4-5,8H2,1-3H3. The van der Waals surface area contributed by atoms with E-state index in [1.807, 2.05) is 24.7 Å². The molecule has 2 aromatic heterocycles. The SMILES string of the molecule is Cc1cc(C(F)(F)F)cc(O)c1-c1cnc2cn(C3CCOC(C)(C)C3)nc2n1. The topological polar surface area (TPSA) is 73.1 Å². The first-order valence-electron chi connectivity index (χ1n) is 9.30. The Bertz CT molecular complexity index is 1050. The number of hydrogen-bond donors (Lipinski definition) is 1. The van der Waals surface area contributed by atoms with Gasteiger partial charge in [-0.25, -0.2) is 9.97 Å². The lowest BCUT2D eigenvalue weighted by Crippen LogP contribution is -2.35. The zero-order chi connectivity index (χ0) is 21.0. The second kappa shape index (κ2) is 6.69. The predicted octanol–water partition coefficient (Wildman–Crippen LogP) is 4.66. The number of aromatic hydroxyl groups is 1. The van der Waals surface area contributed by atoms with Gasteiger partial charge >= 0.3 is 6.18 Å². The Morgan fingerprint density at radius 3 is 2.69 bits per heavy atom. The van der Waals surface area contributed by atoms with Crippen LogP contribution in [0, 0.1) is 6.92 Å². The molecule has 6 nitrogen and oxygen atoms in total. The molecule has 0 amide bonds. The molecule has 154 valence electrons. The van der Waals surface area contributed by atoms with Crippen LogP contribution in [0.3, 0.4) is 0 Å². The fourth-order valence-corrected chi connectivity index (χ4v) is 3.82. The van der Waals surface area contributed by atoms with Crippen molar-refractivity contribution in [3.63, 3.8) is 0 Å². The average molecular weight is 406 g/mol. The summed E-state index contributed by atoms with van der Waals surface area (Å²) < 4.78 is 46.5. The number of alkyl halides is 3. The minimum Gasteiger partial charge on any atom is -0.507 e. The van der Waals surface area contributed by atoms with E-state index in [1.54, 1.807) is 0 Å². The second-order valence-electron chi connectivity index (χ2n) is 8.01. The van der Waals surface area contributed by atoms with Gasteiger partial charge in [-0.3, -0.25) is 4.68 Å². The molecule has 0 radical (unpaired) electrons. The van der Waals surface area contributed by atoms with Crippen molar-refractivity contribution in [2.75, 3.05) is 6.61 Å². The maximum Gasteiger partial charge on any atom is 0.416 e. The van der Waals surface area contributed by atoms with Gasteiger partial charge in [-0.15, -0.1) is 0 Å². The highest BCUT2D eigenvalue weighted by molar-refractivity contribution is 5.77. The van der Waals surface area contributed by atoms with Crippen LogP contribution in [0.15, 0.2) is 24.5 Å². The molecule has 29 heavy (non-hydrogen) atoms. The first-order chi connectivity index (χ1) is 13.5. The average Bonchev–Trinajstić information content (AvgIpc) is 3.03. The molecule has 4 rings (SSSR count). The molecule has 0 aliphatic carbocycles. The number of fused-ring (bicyclic) bond motifs is 1. The Balaban J connectivity index is 1.72. The Morgan fingerprint density at radius 1 is 1.28 bits per heavy atom. The van der Waals surface area contributed by atoms with E-state index in [0.717, 1.165) is 18.9 Å². The number of aromatic nitrogens is 4. The molecular weight excluding hydrogens is 385 g/mol. The predicted molar refractivity (Wildman–Crippen MR) is 100 cm³/mol. The zero-order valence-electron chi connectivity index (χ0n) is 16.3. The van der Waals surface area contributed by atoms with Crippen LogP contribution in [-0.4, -0.2) is 37.1 Å². The van der Waals surface area contributed by atoms with Crippen LogP contribution in [-0.2, 0) is 10.9 Å². The largest absolute Gasteiger partial charge is 0.507 e. The van der Waals surface area contributed by atoms with Crippen molar-refractivity contribution in [1.82, 2.24) is 19.7 Å². The number of hydrogen-bond acceptors (Lipinski definition) is 5. The first-order valence-corrected chi connectivity index (χ1v) is 9.30. The lowest BCUT2D eigenvalue weighted by Gasteiger charge is -2.35. The third kappa shape index (κ3) is 3.78. The number of rotatable bonds is 2. The van der Waals surface area contributed by atoms with E-state index in [-0.39, 0.29) is 28.5 Å². The van der Waals surface area contributed by atoms with E-state index in [4.69, 9.17) is 4.74 Å². The number of aryl methyl sites for hydroxylation is 1. The quantitative estimate of drug-likeness (QED) is 0.670. The van der Waals surface area contributed by atoms with Crippen LogP contribution in [0.2, 0.25) is 0 Å². The Labute approximate surface area is 165 Å². The van der Waals surface area contributed by atoms with Crippen LogP contribution in [0.4, 0.5) is 13.2 Å². The number of phenols is 1. The lowest BCUT2D eigenvalue weighted by molar-refractivity contribution is -0.137. The van der Waals surface area contributed by atoms with Gasteiger partial charge in [0.25, 0.3) is 0 Å². The molecule has 0 bridgehead atoms. The Morgan fingerprint density at radius 2 is 2.03 bits per heavy atom. The van der Waals surface area contributed by atoms with Gasteiger partial charge in [0, 0.05) is 12.2 Å². The molecular formula is C20H21F3N4O2. The highest BCUT2D eigenvalue weighted by Gasteiger charge is 2.33. The molecule has 1 aromatic carbocycles. The molecule has 1 fully saturated rings. The molecule has 9 heteroatoms. The highest BCUT2D eigenvalue weighted by atomic mass is 19.4. The Hall–Kier alpha value is -2.68. The van der Waals surface area contributed by atoms with E-state index < -0.39 is 17.5 Å². The minimum absolute atomic E-state index is 0.152. The summed E-state index contributed by atoms with van der Waals surface area (Å²) in [5, 5.41) is 14.8. The van der Waals surface area contributed by atoms with Crippen molar-refractivity contribution < 1.29 is 23.0 Å². The maximum atomic E-state index is 13.0. The summed E-state index contributed by atoms with van der Waals surface area (Å²) >= 11 is 0. The molecule has 1 saturated heterocycles. The van der Waals surface area contributed by atoms with Crippen LogP contribution in [0.1, 0.15) is 43.9 Å². The van der Waals surface area contributed by atoms with Gasteiger partial charge in [0.15, 0.2) is 5.65 Å². The number of nitrogens with zero attached hydrogens (tertiary/aromatic N) is 4. The molecule has 1 aliphatic heterocycles. The zero-order valence-corrected chi connectivity index (χ0v) is 16.3. The number of phenolic OH excluding ortho intramolecular Hbond substituents is 1. The first kappa shape index (κ1) is 19.6. The van der Waals surface area contributed by atoms with Gasteiger partial charge in [0.2, 0.25) is 0 Å². The van der Waals surface area contributed by atoms with Crippen LogP contribution < -0.4 is 0 Å². The second-order valence-corrected chi connectivity index (χ2v) is 8.01. The summed E-state index contributed by atoms with van der Waals surface area (Å²) in [5.41, 5.74) is 0.574. The molecule has 1 aliphatic rings. The lowest BCUT2D eigenvalue weighted by atomic mass is 9.94. The van der Waals surface area contributed by atoms with Crippen LogP contribution in [0.25, 0.3) is 22.4 Å². The van der Waals surface area contributed by atoms with E-state index in [1.165, 1.54) is 13.1 Å². The highest BCUT2D eigenvalue weighted by Crippen LogP contribution is 2.38. The van der Waals surface area contributed by atoms with Crippen molar-refractivity contribution in [2.24, 2.45) is 0 Å². The van der Waals surface area contributed by atoms with E-state index >= 15 is 0 Å². The van der Waals surface area contributed by atoms with E-state index in [2.05, 4.69) is 15.1 Å². The van der Waals surface area contributed by atoms with Gasteiger partial charge in [-0.05, 0) is 51.3 Å². The third-order valence-corrected chi connectivity index (χ3v) is 5.19. The summed E-state index contributed by atoms with van der Waals surface area (Å²) in [6, 6.07) is 1.85. The van der Waals surface area contributed by atoms with Gasteiger partial charge in [-0.1, -0.05) is 0 Å². The molecule has 1 unspecified atom stereocenters. The van der Waals surface area contributed by atoms with E-state index in [9.17, 15) is 18.3 Å². The molecule has 1 N–H and O–H groups in total. The van der Waals surface area contributed by atoms with Crippen molar-refractivity contribution in [3.8, 4) is 17.0 Å². The van der Waals surface area contributed by atoms with Crippen molar-refractivity contribution >= 4 is 11.2 Å². The fourth-order valence-electron chi connectivity index (χ4n) is 3.82. The number of benzene rings is 1. The van der Waals surface area contributed by atoms with Crippen LogP contribution in [0.5, 0.6) is 5.75 Å². The summed E-state index contributed by atoms with van der Waals surface area (Å²) in [7, 11) is 0. The van der Waals surface area contributed by atoms with Crippen molar-refractivity contribution in [3.05, 3.63) is 35.7 Å². The molecule has 1 atom stereocenters. The third-order valence-electron chi connectivity index (χ3n) is 5.19. The van der Waals surface area contributed by atoms with Gasteiger partial charge in [0.1, 0.15) is 11.3 Å². The molecule has 3 heterocycles. The minimum atomic E-state index is -4.54. The Kier molecular flexibility index (Phi) is 4.53. The number of halogens is 3. The van der Waals surface area contributed by atoms with Gasteiger partial charge in [-0.2, -0.15) is 18.3 Å². The van der Waals surface area contributed by atoms with Crippen molar-refractivity contribution in [2.45, 2.75) is 51.4 Å². The fraction of sp³-hybridized carbons (Fsp3) is 0.450. The normalized spacial score (nSPS) is 19.6. The number of ether oxygens (including phenoxy) is 1. The summed E-state index contributed by atoms with van der Waals surface area (Å²) in [6.45, 7) is 6.21. The van der Waals surface area contributed by atoms with Gasteiger partial charge < -0.3 is 9.84 Å². The molecule has 0 saturated carbocycles. The summed E-state index contributed by atoms with van der Waals surface area (Å²) in [6.07, 6.45) is 0.345. The summed E-state index contributed by atoms with van der Waals surface area (Å²) in [4.78, 5) is 8.80. The maximum absolute atomic E-state index is 13.0. The summed E-state index contributed by atoms with van der Waals surface area (Å²) in [5.74, 6) is -0.489. The van der Waals surface area contributed by atoms with Crippen LogP contribution >= 0.6 is 0 Å². The van der Waals surface area contributed by atoms with Gasteiger partial charge in [0.05, 0.1) is 35.3 Å². The van der Waals surface area contributed by atoms with Crippen molar-refractivity contribution in [1.29, 1.82) is 0 Å². The van der Waals surface area contributed by atoms with E-state index in [0.29, 0.717) is 23.8 Å². The molecule has 0 spiro atoms. The monoisotopic (exact) mass is 406 g/mol. The smallest absolute Gasteiger partial charge is 0.416 e.